The highest BCUT2D eigenvalue weighted by atomic mass is 16.5. The van der Waals surface area contributed by atoms with Gasteiger partial charge in [-0.15, -0.1) is 13.2 Å². The van der Waals surface area contributed by atoms with Gasteiger partial charge in [0.1, 0.15) is 6.61 Å². The molecule has 5 heteroatoms. The van der Waals surface area contributed by atoms with Crippen molar-refractivity contribution in [3.8, 4) is 0 Å². The number of hydrogen-bond donors (Lipinski definition) is 1. The number of ether oxygens (including phenoxy) is 3. The second kappa shape index (κ2) is 10.4. The highest BCUT2D eigenvalue weighted by molar-refractivity contribution is 5.86. The molecule has 0 aliphatic carbocycles. The molecule has 0 aromatic heterocycles. The molecule has 0 radical (unpaired) electrons. The molecule has 0 aliphatic rings. The Morgan fingerprint density at radius 1 is 1.15 bits per heavy atom. The van der Waals surface area contributed by atoms with Crippen molar-refractivity contribution in [1.82, 2.24) is 0 Å². The summed E-state index contributed by atoms with van der Waals surface area (Å²) in [6.07, 6.45) is 3.21. The average Bonchev–Trinajstić information content (AvgIpc) is 2.44. The lowest BCUT2D eigenvalue weighted by Gasteiger charge is -2.30. The summed E-state index contributed by atoms with van der Waals surface area (Å²) >= 11 is 0. The van der Waals surface area contributed by atoms with Crippen LogP contribution in [0.2, 0.25) is 0 Å². The number of rotatable bonds is 12. The SMILES string of the molecule is C=CCOCC(CO)(COCC=C)COC(=O)C(=C)C. The van der Waals surface area contributed by atoms with Crippen LogP contribution in [0.5, 0.6) is 0 Å². The monoisotopic (exact) mass is 284 g/mol. The molecule has 0 saturated heterocycles. The second-order valence-corrected chi connectivity index (χ2v) is 4.62. The van der Waals surface area contributed by atoms with Crippen molar-refractivity contribution in [3.05, 3.63) is 37.5 Å². The molecule has 0 unspecified atom stereocenters. The first-order valence-electron chi connectivity index (χ1n) is 6.32. The molecule has 114 valence electrons. The van der Waals surface area contributed by atoms with Gasteiger partial charge in [-0.25, -0.2) is 4.79 Å². The Morgan fingerprint density at radius 2 is 1.65 bits per heavy atom. The van der Waals surface area contributed by atoms with Gasteiger partial charge in [0.15, 0.2) is 0 Å². The van der Waals surface area contributed by atoms with Crippen LogP contribution >= 0.6 is 0 Å². The van der Waals surface area contributed by atoms with Gasteiger partial charge in [0.05, 0.1) is 38.4 Å². The van der Waals surface area contributed by atoms with Crippen LogP contribution in [0, 0.1) is 5.41 Å². The van der Waals surface area contributed by atoms with Crippen molar-refractivity contribution in [2.45, 2.75) is 6.92 Å². The van der Waals surface area contributed by atoms with Gasteiger partial charge in [0.2, 0.25) is 0 Å². The summed E-state index contributed by atoms with van der Waals surface area (Å²) in [5, 5.41) is 9.60. The molecule has 0 aliphatic heterocycles. The summed E-state index contributed by atoms with van der Waals surface area (Å²) in [7, 11) is 0. The Morgan fingerprint density at radius 3 is 2.00 bits per heavy atom. The highest BCUT2D eigenvalue weighted by Gasteiger charge is 2.32. The van der Waals surface area contributed by atoms with Gasteiger partial charge in [0.25, 0.3) is 0 Å². The van der Waals surface area contributed by atoms with E-state index in [4.69, 9.17) is 14.2 Å². The molecule has 0 saturated carbocycles. The fourth-order valence-corrected chi connectivity index (χ4v) is 1.32. The number of esters is 1. The molecule has 0 rings (SSSR count). The van der Waals surface area contributed by atoms with Gasteiger partial charge >= 0.3 is 5.97 Å². The largest absolute Gasteiger partial charge is 0.461 e. The Hall–Kier alpha value is -1.43. The minimum atomic E-state index is -0.808. The van der Waals surface area contributed by atoms with Crippen molar-refractivity contribution in [2.75, 3.05) is 39.6 Å². The summed E-state index contributed by atoms with van der Waals surface area (Å²) < 4.78 is 15.8. The Balaban J connectivity index is 4.61. The number of carbonyl (C=O) groups excluding carboxylic acids is 1. The zero-order chi connectivity index (χ0) is 15.4. The maximum Gasteiger partial charge on any atom is 0.333 e. The Kier molecular flexibility index (Phi) is 9.63. The molecule has 0 heterocycles. The highest BCUT2D eigenvalue weighted by Crippen LogP contribution is 2.19. The normalized spacial score (nSPS) is 10.9. The fraction of sp³-hybridized carbons (Fsp3) is 0.533. The maximum absolute atomic E-state index is 11.4. The minimum absolute atomic E-state index is 0.0104. The van der Waals surface area contributed by atoms with E-state index in [0.29, 0.717) is 18.8 Å². The van der Waals surface area contributed by atoms with E-state index < -0.39 is 11.4 Å². The van der Waals surface area contributed by atoms with E-state index in [-0.39, 0.29) is 26.4 Å². The van der Waals surface area contributed by atoms with Crippen LogP contribution in [0.1, 0.15) is 6.92 Å². The van der Waals surface area contributed by atoms with Crippen LogP contribution in [-0.4, -0.2) is 50.7 Å². The number of carbonyl (C=O) groups is 1. The van der Waals surface area contributed by atoms with E-state index in [9.17, 15) is 9.90 Å². The van der Waals surface area contributed by atoms with Gasteiger partial charge in [-0.3, -0.25) is 0 Å². The van der Waals surface area contributed by atoms with Gasteiger partial charge in [-0.05, 0) is 6.92 Å². The van der Waals surface area contributed by atoms with Crippen LogP contribution in [0.15, 0.2) is 37.5 Å². The molecule has 0 atom stereocenters. The number of aliphatic hydroxyl groups is 1. The Bertz CT molecular complexity index is 321. The standard InChI is InChI=1S/C15H24O5/c1-5-7-18-10-15(9-16,11-19-8-6-2)12-20-14(17)13(3)4/h5-6,16H,1-3,7-12H2,4H3. The first kappa shape index (κ1) is 18.6. The summed E-state index contributed by atoms with van der Waals surface area (Å²) in [6.45, 7) is 13.0. The molecule has 0 amide bonds. The third kappa shape index (κ3) is 7.23. The second-order valence-electron chi connectivity index (χ2n) is 4.62. The summed E-state index contributed by atoms with van der Waals surface area (Å²) in [4.78, 5) is 11.4. The van der Waals surface area contributed by atoms with Crippen molar-refractivity contribution in [1.29, 1.82) is 0 Å². The minimum Gasteiger partial charge on any atom is -0.461 e. The molecule has 20 heavy (non-hydrogen) atoms. The van der Waals surface area contributed by atoms with Crippen molar-refractivity contribution in [3.63, 3.8) is 0 Å². The average molecular weight is 284 g/mol. The van der Waals surface area contributed by atoms with E-state index in [1.807, 2.05) is 0 Å². The molecule has 0 aromatic rings. The fourth-order valence-electron chi connectivity index (χ4n) is 1.32. The molecular formula is C15H24O5. The molecular weight excluding hydrogens is 260 g/mol. The summed E-state index contributed by atoms with van der Waals surface area (Å²) in [6, 6.07) is 0. The number of aliphatic hydroxyl groups excluding tert-OH is 1. The smallest absolute Gasteiger partial charge is 0.333 e. The van der Waals surface area contributed by atoms with E-state index >= 15 is 0 Å². The van der Waals surface area contributed by atoms with Crippen molar-refractivity contribution < 1.29 is 24.1 Å². The lowest BCUT2D eigenvalue weighted by molar-refractivity contribution is -0.148. The van der Waals surface area contributed by atoms with Gasteiger partial charge in [-0.2, -0.15) is 0 Å². The summed E-state index contributed by atoms with van der Waals surface area (Å²) in [5.74, 6) is -0.504. The number of hydrogen-bond acceptors (Lipinski definition) is 5. The third-order valence-corrected chi connectivity index (χ3v) is 2.48. The predicted octanol–water partition coefficient (Wildman–Crippen LogP) is 1.49. The van der Waals surface area contributed by atoms with Gasteiger partial charge < -0.3 is 19.3 Å². The van der Waals surface area contributed by atoms with Crippen LogP contribution in [-0.2, 0) is 19.0 Å². The molecule has 5 nitrogen and oxygen atoms in total. The first-order valence-corrected chi connectivity index (χ1v) is 6.32. The third-order valence-electron chi connectivity index (χ3n) is 2.48. The topological polar surface area (TPSA) is 65.0 Å². The summed E-state index contributed by atoms with van der Waals surface area (Å²) in [5.41, 5.74) is -0.507. The lowest BCUT2D eigenvalue weighted by atomic mass is 9.92. The quantitative estimate of drug-likeness (QED) is 0.254. The van der Waals surface area contributed by atoms with Gasteiger partial charge in [0, 0.05) is 5.57 Å². The molecule has 0 aromatic carbocycles. The zero-order valence-corrected chi connectivity index (χ0v) is 12.1. The van der Waals surface area contributed by atoms with Crippen LogP contribution in [0.25, 0.3) is 0 Å². The molecule has 0 spiro atoms. The van der Waals surface area contributed by atoms with Crippen LogP contribution in [0.4, 0.5) is 0 Å². The van der Waals surface area contributed by atoms with E-state index in [1.165, 1.54) is 0 Å². The molecule has 1 N–H and O–H groups in total. The molecule has 0 bridgehead atoms. The van der Waals surface area contributed by atoms with Crippen LogP contribution in [0.3, 0.4) is 0 Å². The van der Waals surface area contributed by atoms with Gasteiger partial charge in [-0.1, -0.05) is 18.7 Å². The predicted molar refractivity (Wildman–Crippen MR) is 77.3 cm³/mol. The Labute approximate surface area is 120 Å². The van der Waals surface area contributed by atoms with Crippen molar-refractivity contribution >= 4 is 5.97 Å². The maximum atomic E-state index is 11.4. The van der Waals surface area contributed by atoms with E-state index in [2.05, 4.69) is 19.7 Å². The zero-order valence-electron chi connectivity index (χ0n) is 12.1. The van der Waals surface area contributed by atoms with E-state index in [1.54, 1.807) is 19.1 Å². The van der Waals surface area contributed by atoms with Crippen molar-refractivity contribution in [2.24, 2.45) is 5.41 Å². The van der Waals surface area contributed by atoms with E-state index in [0.717, 1.165) is 0 Å². The first-order chi connectivity index (χ1) is 9.51. The lowest BCUT2D eigenvalue weighted by Crippen LogP contribution is -2.41. The molecule has 0 fully saturated rings. The van der Waals surface area contributed by atoms with Crippen LogP contribution < -0.4 is 0 Å².